The molecule has 1 saturated heterocycles. The number of carboxylic acid groups (broad SMARTS) is 1. The van der Waals surface area contributed by atoms with Gasteiger partial charge in [0.1, 0.15) is 17.5 Å². The van der Waals surface area contributed by atoms with Crippen LogP contribution in [0.25, 0.3) is 0 Å². The number of nitrogens with one attached hydrogen (secondary N) is 1. The van der Waals surface area contributed by atoms with Gasteiger partial charge >= 0.3 is 5.97 Å². The minimum Gasteiger partial charge on any atom is -0.497 e. The number of ether oxygens (including phenoxy) is 3. The van der Waals surface area contributed by atoms with Crippen molar-refractivity contribution in [3.63, 3.8) is 0 Å². The van der Waals surface area contributed by atoms with Gasteiger partial charge in [0, 0.05) is 11.5 Å². The zero-order chi connectivity index (χ0) is 29.3. The summed E-state index contributed by atoms with van der Waals surface area (Å²) in [5.74, 6) is 0.557. The average Bonchev–Trinajstić information content (AvgIpc) is 3.47. The van der Waals surface area contributed by atoms with Gasteiger partial charge in [-0.15, -0.1) is 0 Å². The van der Waals surface area contributed by atoms with E-state index in [0.717, 1.165) is 36.0 Å². The second-order valence-corrected chi connectivity index (χ2v) is 13.8. The molecule has 3 N–H and O–H groups in total. The van der Waals surface area contributed by atoms with E-state index in [4.69, 9.17) is 14.2 Å². The van der Waals surface area contributed by atoms with Crippen molar-refractivity contribution in [3.05, 3.63) is 41.5 Å². The monoisotopic (exact) mass is 567 g/mol. The van der Waals surface area contributed by atoms with Crippen LogP contribution in [0.1, 0.15) is 71.4 Å². The highest BCUT2D eigenvalue weighted by Crippen LogP contribution is 2.82. The third-order valence-corrected chi connectivity index (χ3v) is 11.7. The molecular weight excluding hydrogens is 522 g/mol. The summed E-state index contributed by atoms with van der Waals surface area (Å²) in [5, 5.41) is 25.7. The first kappa shape index (κ1) is 28.8. The molecular formula is C33H45NO7. The minimum absolute atomic E-state index is 0.00265. The maximum absolute atomic E-state index is 13.7. The van der Waals surface area contributed by atoms with Crippen LogP contribution in [0.3, 0.4) is 0 Å². The fraction of sp³-hybridized carbons (Fsp3) is 0.697. The molecule has 1 aromatic rings. The molecule has 3 saturated carbocycles. The van der Waals surface area contributed by atoms with E-state index in [0.29, 0.717) is 25.2 Å². The molecule has 8 nitrogen and oxygen atoms in total. The van der Waals surface area contributed by atoms with E-state index in [1.165, 1.54) is 0 Å². The summed E-state index contributed by atoms with van der Waals surface area (Å²) < 4.78 is 18.0. The molecule has 224 valence electrons. The van der Waals surface area contributed by atoms with Crippen LogP contribution >= 0.6 is 0 Å². The molecule has 0 amide bonds. The predicted octanol–water partition coefficient (Wildman–Crippen LogP) is 4.72. The lowest BCUT2D eigenvalue weighted by atomic mass is 9.43. The Kier molecular flexibility index (Phi) is 7.16. The van der Waals surface area contributed by atoms with Crippen LogP contribution < -0.4 is 10.1 Å². The molecule has 1 aromatic carbocycles. The largest absolute Gasteiger partial charge is 0.497 e. The summed E-state index contributed by atoms with van der Waals surface area (Å²) in [6.07, 6.45) is 4.70. The summed E-state index contributed by atoms with van der Waals surface area (Å²) in [7, 11) is 1.63. The van der Waals surface area contributed by atoms with Crippen LogP contribution in [0.15, 0.2) is 35.9 Å². The van der Waals surface area contributed by atoms with Gasteiger partial charge in [0.2, 0.25) is 0 Å². The number of fused-ring (bicyclic) bond motifs is 2. The molecule has 4 fully saturated rings. The van der Waals surface area contributed by atoms with Gasteiger partial charge in [0.05, 0.1) is 25.2 Å². The quantitative estimate of drug-likeness (QED) is 0.306. The van der Waals surface area contributed by atoms with E-state index in [9.17, 15) is 19.8 Å². The maximum atomic E-state index is 13.7. The van der Waals surface area contributed by atoms with Gasteiger partial charge in [0.25, 0.3) is 0 Å². The Hall–Kier alpha value is -2.26. The van der Waals surface area contributed by atoms with Gasteiger partial charge < -0.3 is 29.2 Å². The van der Waals surface area contributed by atoms with E-state index in [2.05, 4.69) is 18.3 Å². The summed E-state index contributed by atoms with van der Waals surface area (Å²) in [4.78, 5) is 26.9. The molecule has 5 aliphatic rings. The third-order valence-electron chi connectivity index (χ3n) is 11.7. The van der Waals surface area contributed by atoms with Crippen LogP contribution in [-0.2, 0) is 19.1 Å². The molecule has 11 atom stereocenters. The zero-order valence-electron chi connectivity index (χ0n) is 24.8. The van der Waals surface area contributed by atoms with Gasteiger partial charge in [-0.25, -0.2) is 0 Å². The Morgan fingerprint density at radius 3 is 2.56 bits per heavy atom. The molecule has 6 rings (SSSR count). The molecule has 4 aliphatic carbocycles. The molecule has 1 unspecified atom stereocenters. The van der Waals surface area contributed by atoms with E-state index in [-0.39, 0.29) is 42.4 Å². The van der Waals surface area contributed by atoms with E-state index in [1.807, 2.05) is 45.0 Å². The molecule has 0 radical (unpaired) electrons. The number of methoxy groups -OCH3 is 1. The normalized spacial score (nSPS) is 44.8. The van der Waals surface area contributed by atoms with Gasteiger partial charge in [0.15, 0.2) is 12.5 Å². The Morgan fingerprint density at radius 1 is 1.20 bits per heavy atom. The SMILES string of the molecule is COc1ccc(C2C[C@@H](C)O[C@@H](OC[C@@]34C[C@@H]5[C@H](C)CC[C@H]5[C@@]5(C=O)C[C@@H]3C=C(C(C)C)[C@@]45C(=O)O)[C@@H](O)N2)cc1. The van der Waals surface area contributed by atoms with E-state index < -0.39 is 34.7 Å². The van der Waals surface area contributed by atoms with Crippen molar-refractivity contribution < 1.29 is 34.0 Å². The fourth-order valence-corrected chi connectivity index (χ4v) is 10.1. The van der Waals surface area contributed by atoms with Crippen molar-refractivity contribution in [2.24, 2.45) is 45.8 Å². The molecule has 0 spiro atoms. The number of hydrogen-bond acceptors (Lipinski definition) is 7. The highest BCUT2D eigenvalue weighted by molar-refractivity contribution is 5.90. The first-order valence-electron chi connectivity index (χ1n) is 15.3. The summed E-state index contributed by atoms with van der Waals surface area (Å²) >= 11 is 0. The summed E-state index contributed by atoms with van der Waals surface area (Å²) in [5.41, 5.74) is -1.14. The van der Waals surface area contributed by atoms with Crippen LogP contribution in [0, 0.1) is 45.8 Å². The highest BCUT2D eigenvalue weighted by atomic mass is 16.7. The molecule has 41 heavy (non-hydrogen) atoms. The van der Waals surface area contributed by atoms with Crippen LogP contribution in [0.4, 0.5) is 0 Å². The highest BCUT2D eigenvalue weighted by Gasteiger charge is 2.84. The number of hydrogen-bond donors (Lipinski definition) is 3. The van der Waals surface area contributed by atoms with Crippen LogP contribution in [0.5, 0.6) is 5.75 Å². The third kappa shape index (κ3) is 3.86. The van der Waals surface area contributed by atoms with Crippen LogP contribution in [-0.4, -0.2) is 54.8 Å². The lowest BCUT2D eigenvalue weighted by Crippen LogP contribution is -2.64. The topological polar surface area (TPSA) is 114 Å². The van der Waals surface area contributed by atoms with Crippen molar-refractivity contribution >= 4 is 12.3 Å². The summed E-state index contributed by atoms with van der Waals surface area (Å²) in [6, 6.07) is 7.59. The number of rotatable bonds is 8. The Balaban J connectivity index is 1.32. The lowest BCUT2D eigenvalue weighted by Gasteiger charge is -2.58. The molecule has 4 bridgehead atoms. The fourth-order valence-electron chi connectivity index (χ4n) is 10.1. The number of carboxylic acids is 1. The van der Waals surface area contributed by atoms with Crippen molar-refractivity contribution in [1.82, 2.24) is 5.32 Å². The Bertz CT molecular complexity index is 1210. The number of aldehydes is 1. The molecule has 0 aromatic heterocycles. The zero-order valence-corrected chi connectivity index (χ0v) is 24.8. The first-order valence-corrected chi connectivity index (χ1v) is 15.3. The van der Waals surface area contributed by atoms with Crippen molar-refractivity contribution in [3.8, 4) is 5.75 Å². The predicted molar refractivity (Wildman–Crippen MR) is 152 cm³/mol. The Morgan fingerprint density at radius 2 is 1.93 bits per heavy atom. The standard InChI is InChI=1S/C33H45NO7/c1-18(2)26-13-22-14-31(16-35)25-11-6-19(3)24(25)15-32(22,33(26,31)30(37)38)17-40-29-28(36)34-27(12-20(4)41-29)21-7-9-23(39-5)10-8-21/h7-10,13,16,18-20,22,24-25,27-29,34,36H,6,11-12,14-15,17H2,1-5H3,(H,37,38)/t19-,20-,22+,24-,25-,27?,28-,29-,31+,32+,33+/m1/s1. The van der Waals surface area contributed by atoms with Crippen molar-refractivity contribution in [2.75, 3.05) is 13.7 Å². The van der Waals surface area contributed by atoms with Gasteiger partial charge in [-0.2, -0.15) is 0 Å². The Labute approximate surface area is 242 Å². The van der Waals surface area contributed by atoms with Gasteiger partial charge in [-0.1, -0.05) is 51.0 Å². The molecule has 1 heterocycles. The molecule has 8 heteroatoms. The van der Waals surface area contributed by atoms with Crippen molar-refractivity contribution in [1.29, 1.82) is 0 Å². The number of allylic oxidation sites excluding steroid dienone is 1. The number of aliphatic carboxylic acids is 1. The second kappa shape index (κ2) is 10.2. The number of aliphatic hydroxyl groups excluding tert-OH is 1. The minimum atomic E-state index is -1.31. The number of aliphatic hydroxyl groups is 1. The van der Waals surface area contributed by atoms with E-state index in [1.54, 1.807) is 7.11 Å². The number of carbonyl (C=O) groups excluding carboxylic acids is 1. The van der Waals surface area contributed by atoms with Crippen LogP contribution in [0.2, 0.25) is 0 Å². The van der Waals surface area contributed by atoms with E-state index >= 15 is 0 Å². The lowest BCUT2D eigenvalue weighted by molar-refractivity contribution is -0.240. The van der Waals surface area contributed by atoms with Gasteiger partial charge in [-0.05, 0) is 79.9 Å². The number of carbonyl (C=O) groups is 2. The van der Waals surface area contributed by atoms with Crippen molar-refractivity contribution in [2.45, 2.75) is 84.5 Å². The average molecular weight is 568 g/mol. The molecule has 1 aliphatic heterocycles. The second-order valence-electron chi connectivity index (χ2n) is 13.8. The van der Waals surface area contributed by atoms with Gasteiger partial charge in [-0.3, -0.25) is 10.1 Å². The summed E-state index contributed by atoms with van der Waals surface area (Å²) in [6.45, 7) is 8.41. The maximum Gasteiger partial charge on any atom is 0.315 e. The smallest absolute Gasteiger partial charge is 0.315 e. The number of benzene rings is 1. The first-order chi connectivity index (χ1) is 19.5.